The summed E-state index contributed by atoms with van der Waals surface area (Å²) in [5, 5.41) is 14.2. The minimum absolute atomic E-state index is 0.130. The number of aliphatic carboxylic acids is 1. The van der Waals surface area contributed by atoms with Crippen molar-refractivity contribution in [1.82, 2.24) is 15.5 Å². The average Bonchev–Trinajstić information content (AvgIpc) is 2.89. The molecular formula is C14H27N3O3. The van der Waals surface area contributed by atoms with Gasteiger partial charge in [0.2, 0.25) is 0 Å². The second-order valence-corrected chi connectivity index (χ2v) is 5.56. The molecule has 20 heavy (non-hydrogen) atoms. The summed E-state index contributed by atoms with van der Waals surface area (Å²) >= 11 is 0. The Morgan fingerprint density at radius 1 is 1.15 bits per heavy atom. The van der Waals surface area contributed by atoms with Gasteiger partial charge in [-0.3, -0.25) is 4.79 Å². The zero-order chi connectivity index (χ0) is 14.8. The molecule has 1 aliphatic heterocycles. The smallest absolute Gasteiger partial charge is 0.314 e. The Kier molecular flexibility index (Phi) is 8.02. The molecule has 1 unspecified atom stereocenters. The monoisotopic (exact) mass is 285 g/mol. The fourth-order valence-corrected chi connectivity index (χ4v) is 2.34. The van der Waals surface area contributed by atoms with Crippen molar-refractivity contribution in [2.75, 3.05) is 32.7 Å². The maximum absolute atomic E-state index is 11.5. The minimum atomic E-state index is -0.760. The molecule has 0 bridgehead atoms. The molecule has 3 N–H and O–H groups in total. The van der Waals surface area contributed by atoms with Crippen LogP contribution in [0.5, 0.6) is 0 Å². The van der Waals surface area contributed by atoms with E-state index in [0.717, 1.165) is 26.1 Å². The maximum Gasteiger partial charge on any atom is 0.314 e. The average molecular weight is 285 g/mol. The zero-order valence-corrected chi connectivity index (χ0v) is 12.4. The van der Waals surface area contributed by atoms with E-state index in [9.17, 15) is 9.59 Å². The minimum Gasteiger partial charge on any atom is -0.481 e. The molecule has 0 saturated carbocycles. The number of nitrogens with one attached hydrogen (secondary N) is 2. The molecule has 1 heterocycles. The summed E-state index contributed by atoms with van der Waals surface area (Å²) in [6, 6.07) is -0.130. The van der Waals surface area contributed by atoms with Gasteiger partial charge >= 0.3 is 12.0 Å². The molecular weight excluding hydrogens is 258 g/mol. The normalized spacial score (nSPS) is 16.9. The summed E-state index contributed by atoms with van der Waals surface area (Å²) in [7, 11) is 0. The first-order valence-electron chi connectivity index (χ1n) is 7.54. The summed E-state index contributed by atoms with van der Waals surface area (Å²) in [6.45, 7) is 6.49. The lowest BCUT2D eigenvalue weighted by Gasteiger charge is -2.15. The molecule has 6 nitrogen and oxygen atoms in total. The first-order chi connectivity index (χ1) is 9.58. The highest BCUT2D eigenvalue weighted by Crippen LogP contribution is 2.09. The van der Waals surface area contributed by atoms with Gasteiger partial charge in [-0.25, -0.2) is 4.79 Å². The first kappa shape index (κ1) is 16.8. The predicted octanol–water partition coefficient (Wildman–Crippen LogP) is 1.27. The van der Waals surface area contributed by atoms with E-state index in [-0.39, 0.29) is 12.5 Å². The van der Waals surface area contributed by atoms with Crippen LogP contribution in [-0.2, 0) is 4.79 Å². The van der Waals surface area contributed by atoms with Crippen LogP contribution < -0.4 is 10.6 Å². The van der Waals surface area contributed by atoms with Crippen molar-refractivity contribution >= 4 is 12.0 Å². The van der Waals surface area contributed by atoms with Crippen LogP contribution in [0.2, 0.25) is 0 Å². The highest BCUT2D eigenvalue weighted by molar-refractivity contribution is 5.73. The molecule has 0 spiro atoms. The molecule has 2 amide bonds. The van der Waals surface area contributed by atoms with Gasteiger partial charge in [-0.2, -0.15) is 0 Å². The number of nitrogens with zero attached hydrogens (tertiary/aromatic N) is 1. The van der Waals surface area contributed by atoms with Crippen molar-refractivity contribution in [3.05, 3.63) is 0 Å². The largest absolute Gasteiger partial charge is 0.481 e. The van der Waals surface area contributed by atoms with Gasteiger partial charge in [0.1, 0.15) is 0 Å². The number of likely N-dealkylation sites (tertiary alicyclic amines) is 1. The zero-order valence-electron chi connectivity index (χ0n) is 12.4. The van der Waals surface area contributed by atoms with E-state index >= 15 is 0 Å². The van der Waals surface area contributed by atoms with Crippen molar-refractivity contribution in [3.63, 3.8) is 0 Å². The second-order valence-electron chi connectivity index (χ2n) is 5.56. The van der Waals surface area contributed by atoms with Crippen LogP contribution in [0.1, 0.15) is 39.0 Å². The Morgan fingerprint density at radius 2 is 1.80 bits per heavy atom. The third-order valence-corrected chi connectivity index (χ3v) is 3.69. The molecule has 6 heteroatoms. The molecule has 0 radical (unpaired) electrons. The van der Waals surface area contributed by atoms with E-state index in [1.54, 1.807) is 0 Å². The number of hydrogen-bond donors (Lipinski definition) is 3. The van der Waals surface area contributed by atoms with Crippen molar-refractivity contribution < 1.29 is 14.7 Å². The van der Waals surface area contributed by atoms with Gasteiger partial charge in [-0.05, 0) is 44.7 Å². The Morgan fingerprint density at radius 3 is 2.45 bits per heavy atom. The number of hydrogen-bond acceptors (Lipinski definition) is 3. The van der Waals surface area contributed by atoms with Crippen molar-refractivity contribution in [2.45, 2.75) is 39.0 Å². The van der Waals surface area contributed by atoms with E-state index in [0.29, 0.717) is 25.4 Å². The SMILES string of the molecule is CC(CCNC(=O)NCCN1CCCC1)CCC(=O)O. The third-order valence-electron chi connectivity index (χ3n) is 3.69. The number of amides is 2. The highest BCUT2D eigenvalue weighted by atomic mass is 16.4. The van der Waals surface area contributed by atoms with E-state index in [1.807, 2.05) is 6.92 Å². The van der Waals surface area contributed by atoms with Crippen LogP contribution in [0.4, 0.5) is 4.79 Å². The molecule has 0 aliphatic carbocycles. The lowest BCUT2D eigenvalue weighted by molar-refractivity contribution is -0.137. The Labute approximate surface area is 120 Å². The summed E-state index contributed by atoms with van der Waals surface area (Å²) < 4.78 is 0. The van der Waals surface area contributed by atoms with E-state index < -0.39 is 5.97 Å². The molecule has 116 valence electrons. The quantitative estimate of drug-likeness (QED) is 0.596. The molecule has 0 aromatic carbocycles. The van der Waals surface area contributed by atoms with Crippen molar-refractivity contribution in [2.24, 2.45) is 5.92 Å². The number of carbonyl (C=O) groups is 2. The Hall–Kier alpha value is -1.30. The molecule has 1 saturated heterocycles. The Balaban J connectivity index is 1.95. The fourth-order valence-electron chi connectivity index (χ4n) is 2.34. The van der Waals surface area contributed by atoms with Gasteiger partial charge < -0.3 is 20.6 Å². The van der Waals surface area contributed by atoms with Crippen LogP contribution >= 0.6 is 0 Å². The second kappa shape index (κ2) is 9.58. The van der Waals surface area contributed by atoms with Crippen molar-refractivity contribution in [3.8, 4) is 0 Å². The number of carboxylic acid groups (broad SMARTS) is 1. The van der Waals surface area contributed by atoms with Crippen LogP contribution in [0.25, 0.3) is 0 Å². The van der Waals surface area contributed by atoms with E-state index in [4.69, 9.17) is 5.11 Å². The summed E-state index contributed by atoms with van der Waals surface area (Å²) in [5.41, 5.74) is 0. The highest BCUT2D eigenvalue weighted by Gasteiger charge is 2.11. The van der Waals surface area contributed by atoms with Crippen LogP contribution in [-0.4, -0.2) is 54.7 Å². The van der Waals surface area contributed by atoms with Gasteiger partial charge in [0.25, 0.3) is 0 Å². The topological polar surface area (TPSA) is 81.7 Å². The van der Waals surface area contributed by atoms with E-state index in [1.165, 1.54) is 12.8 Å². The lowest BCUT2D eigenvalue weighted by atomic mass is 10.0. The molecule has 1 atom stereocenters. The number of urea groups is 1. The molecule has 0 aromatic heterocycles. The molecule has 0 aromatic rings. The van der Waals surface area contributed by atoms with E-state index in [2.05, 4.69) is 15.5 Å². The number of carbonyl (C=O) groups excluding carboxylic acids is 1. The van der Waals surface area contributed by atoms with Crippen LogP contribution in [0.15, 0.2) is 0 Å². The Bertz CT molecular complexity index is 304. The maximum atomic E-state index is 11.5. The van der Waals surface area contributed by atoms with Gasteiger partial charge in [-0.1, -0.05) is 6.92 Å². The summed E-state index contributed by atoms with van der Waals surface area (Å²) in [4.78, 5) is 24.3. The molecule has 1 aliphatic rings. The fraction of sp³-hybridized carbons (Fsp3) is 0.857. The van der Waals surface area contributed by atoms with Gasteiger partial charge in [0.05, 0.1) is 0 Å². The summed E-state index contributed by atoms with van der Waals surface area (Å²) in [5.74, 6) is -0.444. The third kappa shape index (κ3) is 7.99. The van der Waals surface area contributed by atoms with Crippen LogP contribution in [0.3, 0.4) is 0 Å². The number of carboxylic acids is 1. The number of rotatable bonds is 9. The van der Waals surface area contributed by atoms with Gasteiger partial charge in [0.15, 0.2) is 0 Å². The van der Waals surface area contributed by atoms with Crippen LogP contribution in [0, 0.1) is 5.92 Å². The lowest BCUT2D eigenvalue weighted by Crippen LogP contribution is -2.40. The van der Waals surface area contributed by atoms with Gasteiger partial charge in [-0.15, -0.1) is 0 Å². The molecule has 1 fully saturated rings. The van der Waals surface area contributed by atoms with Gasteiger partial charge in [0, 0.05) is 26.1 Å². The first-order valence-corrected chi connectivity index (χ1v) is 7.54. The van der Waals surface area contributed by atoms with Crippen molar-refractivity contribution in [1.29, 1.82) is 0 Å². The standard InChI is InChI=1S/C14H27N3O3/c1-12(4-5-13(18)19)6-7-15-14(20)16-8-11-17-9-2-3-10-17/h12H,2-11H2,1H3,(H,18,19)(H2,15,16,20). The predicted molar refractivity (Wildman–Crippen MR) is 77.7 cm³/mol. The molecule has 1 rings (SSSR count). The summed E-state index contributed by atoms with van der Waals surface area (Å²) in [6.07, 6.45) is 4.20.